The molecule has 0 bridgehead atoms. The number of rotatable bonds is 2. The molecule has 0 radical (unpaired) electrons. The summed E-state index contributed by atoms with van der Waals surface area (Å²) in [5, 5.41) is 12.4. The predicted molar refractivity (Wildman–Crippen MR) is 96.5 cm³/mol. The van der Waals surface area contributed by atoms with E-state index in [1.54, 1.807) is 11.1 Å². The van der Waals surface area contributed by atoms with Crippen LogP contribution < -0.4 is 0 Å². The zero-order valence-corrected chi connectivity index (χ0v) is 14.5. The lowest BCUT2D eigenvalue weighted by Gasteiger charge is -2.37. The SMILES string of the molecule is CN1CCN([C@@H]2CN(C(=O)c3nccc4ccccc34)C[C@H]2O)CC1. The number of aromatic nitrogens is 1. The van der Waals surface area contributed by atoms with Gasteiger partial charge in [0, 0.05) is 50.9 Å². The predicted octanol–water partition coefficient (Wildman–Crippen LogP) is 0.667. The molecular formula is C19H24N4O2. The van der Waals surface area contributed by atoms with Crippen molar-refractivity contribution in [2.45, 2.75) is 12.1 Å². The van der Waals surface area contributed by atoms with Gasteiger partial charge in [-0.25, -0.2) is 0 Å². The fraction of sp³-hybridized carbons (Fsp3) is 0.474. The van der Waals surface area contributed by atoms with Crippen LogP contribution in [-0.4, -0.2) is 89.2 Å². The van der Waals surface area contributed by atoms with Gasteiger partial charge in [0.1, 0.15) is 5.69 Å². The van der Waals surface area contributed by atoms with Crippen molar-refractivity contribution >= 4 is 16.7 Å². The van der Waals surface area contributed by atoms with Crippen molar-refractivity contribution in [3.63, 3.8) is 0 Å². The number of pyridine rings is 1. The molecule has 6 nitrogen and oxygen atoms in total. The first-order chi connectivity index (χ1) is 12.1. The standard InChI is InChI=1S/C19H24N4O2/c1-21-8-10-22(11-9-21)16-12-23(13-17(16)24)19(25)18-15-5-3-2-4-14(15)6-7-20-18/h2-7,16-17,24H,8-13H2,1H3/t16-,17-/m1/s1. The summed E-state index contributed by atoms with van der Waals surface area (Å²) >= 11 is 0. The second-order valence-corrected chi connectivity index (χ2v) is 7.06. The summed E-state index contributed by atoms with van der Waals surface area (Å²) < 4.78 is 0. The highest BCUT2D eigenvalue weighted by Gasteiger charge is 2.39. The van der Waals surface area contributed by atoms with Crippen molar-refractivity contribution < 1.29 is 9.90 Å². The van der Waals surface area contributed by atoms with Gasteiger partial charge in [-0.05, 0) is 18.5 Å². The number of nitrogens with zero attached hydrogens (tertiary/aromatic N) is 4. The summed E-state index contributed by atoms with van der Waals surface area (Å²) in [7, 11) is 2.12. The quantitative estimate of drug-likeness (QED) is 0.871. The summed E-state index contributed by atoms with van der Waals surface area (Å²) in [6.07, 6.45) is 1.18. The van der Waals surface area contributed by atoms with E-state index in [1.165, 1.54) is 0 Å². The Bertz CT molecular complexity index is 768. The number of likely N-dealkylation sites (N-methyl/N-ethyl adjacent to an activating group) is 1. The van der Waals surface area contributed by atoms with Gasteiger partial charge in [0.25, 0.3) is 5.91 Å². The Hall–Kier alpha value is -2.02. The van der Waals surface area contributed by atoms with Gasteiger partial charge in [-0.15, -0.1) is 0 Å². The molecule has 0 saturated carbocycles. The number of hydrogen-bond acceptors (Lipinski definition) is 5. The minimum atomic E-state index is -0.498. The zero-order valence-electron chi connectivity index (χ0n) is 14.5. The van der Waals surface area contributed by atoms with Gasteiger partial charge in [-0.2, -0.15) is 0 Å². The number of aliphatic hydroxyl groups excluding tert-OH is 1. The molecule has 2 saturated heterocycles. The van der Waals surface area contributed by atoms with E-state index < -0.39 is 6.10 Å². The van der Waals surface area contributed by atoms with E-state index in [-0.39, 0.29) is 11.9 Å². The average Bonchev–Trinajstić information content (AvgIpc) is 3.03. The third kappa shape index (κ3) is 3.13. The molecular weight excluding hydrogens is 316 g/mol. The molecule has 0 unspecified atom stereocenters. The number of hydrogen-bond donors (Lipinski definition) is 1. The van der Waals surface area contributed by atoms with Crippen LogP contribution in [0.1, 0.15) is 10.5 Å². The average molecular weight is 340 g/mol. The van der Waals surface area contributed by atoms with Gasteiger partial charge >= 0.3 is 0 Å². The van der Waals surface area contributed by atoms with Crippen LogP contribution in [0.5, 0.6) is 0 Å². The highest BCUT2D eigenvalue weighted by atomic mass is 16.3. The number of amides is 1. The topological polar surface area (TPSA) is 59.9 Å². The first-order valence-corrected chi connectivity index (χ1v) is 8.87. The van der Waals surface area contributed by atoms with Crippen LogP contribution >= 0.6 is 0 Å². The van der Waals surface area contributed by atoms with Gasteiger partial charge in [0.05, 0.1) is 12.1 Å². The molecule has 2 aromatic rings. The van der Waals surface area contributed by atoms with E-state index in [0.717, 1.165) is 37.0 Å². The lowest BCUT2D eigenvalue weighted by Crippen LogP contribution is -2.52. The zero-order chi connectivity index (χ0) is 17.4. The van der Waals surface area contributed by atoms with Crippen LogP contribution in [0.2, 0.25) is 0 Å². The van der Waals surface area contributed by atoms with Crippen molar-refractivity contribution in [1.82, 2.24) is 19.7 Å². The normalized spacial score (nSPS) is 25.6. The smallest absolute Gasteiger partial charge is 0.273 e. The maximum atomic E-state index is 13.0. The number of fused-ring (bicyclic) bond motifs is 1. The Morgan fingerprint density at radius 3 is 2.68 bits per heavy atom. The van der Waals surface area contributed by atoms with Crippen molar-refractivity contribution in [3.8, 4) is 0 Å². The van der Waals surface area contributed by atoms with Crippen LogP contribution in [0.25, 0.3) is 10.8 Å². The van der Waals surface area contributed by atoms with Gasteiger partial charge in [-0.3, -0.25) is 14.7 Å². The Morgan fingerprint density at radius 1 is 1.12 bits per heavy atom. The highest BCUT2D eigenvalue weighted by Crippen LogP contribution is 2.23. The molecule has 6 heteroatoms. The van der Waals surface area contributed by atoms with Crippen LogP contribution in [0.4, 0.5) is 0 Å². The highest BCUT2D eigenvalue weighted by molar-refractivity contribution is 6.05. The van der Waals surface area contributed by atoms with Crippen molar-refractivity contribution in [2.75, 3.05) is 46.3 Å². The van der Waals surface area contributed by atoms with Gasteiger partial charge in [0.15, 0.2) is 0 Å². The molecule has 132 valence electrons. The minimum Gasteiger partial charge on any atom is -0.390 e. The fourth-order valence-electron chi connectivity index (χ4n) is 3.89. The van der Waals surface area contributed by atoms with E-state index in [0.29, 0.717) is 18.8 Å². The first kappa shape index (κ1) is 16.4. The molecule has 1 N–H and O–H groups in total. The molecule has 0 spiro atoms. The lowest BCUT2D eigenvalue weighted by molar-refractivity contribution is 0.0512. The number of β-amino-alcohol motifs (C(OH)–C–C–N with tert-alkyl or cyclic N) is 1. The number of likely N-dealkylation sites (tertiary alicyclic amines) is 1. The van der Waals surface area contributed by atoms with Crippen molar-refractivity contribution in [3.05, 3.63) is 42.2 Å². The van der Waals surface area contributed by atoms with E-state index in [1.807, 2.05) is 30.3 Å². The molecule has 1 amide bonds. The number of carbonyl (C=O) groups excluding carboxylic acids is 1. The minimum absolute atomic E-state index is 0.0210. The van der Waals surface area contributed by atoms with Crippen LogP contribution in [0.3, 0.4) is 0 Å². The van der Waals surface area contributed by atoms with Gasteiger partial charge in [-0.1, -0.05) is 24.3 Å². The lowest BCUT2D eigenvalue weighted by atomic mass is 10.1. The van der Waals surface area contributed by atoms with E-state index in [9.17, 15) is 9.90 Å². The molecule has 2 aliphatic rings. The number of benzene rings is 1. The Kier molecular flexibility index (Phi) is 4.41. The third-order valence-corrected chi connectivity index (χ3v) is 5.43. The molecule has 1 aromatic carbocycles. The van der Waals surface area contributed by atoms with Gasteiger partial charge < -0.3 is 14.9 Å². The van der Waals surface area contributed by atoms with Crippen LogP contribution in [0.15, 0.2) is 36.5 Å². The maximum absolute atomic E-state index is 13.0. The van der Waals surface area contributed by atoms with E-state index in [4.69, 9.17) is 0 Å². The van der Waals surface area contributed by atoms with Crippen molar-refractivity contribution in [1.29, 1.82) is 0 Å². The molecule has 2 aliphatic heterocycles. The van der Waals surface area contributed by atoms with Gasteiger partial charge in [0.2, 0.25) is 0 Å². The largest absolute Gasteiger partial charge is 0.390 e. The number of aliphatic hydroxyl groups is 1. The second kappa shape index (κ2) is 6.71. The number of carbonyl (C=O) groups is 1. The fourth-order valence-corrected chi connectivity index (χ4v) is 3.89. The van der Waals surface area contributed by atoms with E-state index in [2.05, 4.69) is 21.8 Å². The monoisotopic (exact) mass is 340 g/mol. The summed E-state index contributed by atoms with van der Waals surface area (Å²) in [5.41, 5.74) is 0.476. The summed E-state index contributed by atoms with van der Waals surface area (Å²) in [6.45, 7) is 4.82. The summed E-state index contributed by atoms with van der Waals surface area (Å²) in [4.78, 5) is 23.7. The second-order valence-electron chi connectivity index (χ2n) is 7.06. The molecule has 3 heterocycles. The molecule has 4 rings (SSSR count). The molecule has 25 heavy (non-hydrogen) atoms. The molecule has 2 atom stereocenters. The number of piperazine rings is 1. The maximum Gasteiger partial charge on any atom is 0.273 e. The Labute approximate surface area is 147 Å². The van der Waals surface area contributed by atoms with E-state index >= 15 is 0 Å². The summed E-state index contributed by atoms with van der Waals surface area (Å²) in [5.74, 6) is -0.0903. The Balaban J connectivity index is 1.53. The summed E-state index contributed by atoms with van der Waals surface area (Å²) in [6, 6.07) is 9.73. The molecule has 0 aliphatic carbocycles. The Morgan fingerprint density at radius 2 is 1.88 bits per heavy atom. The molecule has 2 fully saturated rings. The van der Waals surface area contributed by atoms with Crippen LogP contribution in [0, 0.1) is 0 Å². The van der Waals surface area contributed by atoms with Crippen LogP contribution in [-0.2, 0) is 0 Å². The molecule has 1 aromatic heterocycles. The van der Waals surface area contributed by atoms with Crippen molar-refractivity contribution in [2.24, 2.45) is 0 Å². The first-order valence-electron chi connectivity index (χ1n) is 8.87. The third-order valence-electron chi connectivity index (χ3n) is 5.43.